The number of allylic oxidation sites excluding steroid dienone is 12. The van der Waals surface area contributed by atoms with Crippen molar-refractivity contribution in [2.24, 2.45) is 0 Å². The van der Waals surface area contributed by atoms with Crippen molar-refractivity contribution in [1.82, 2.24) is 0 Å². The van der Waals surface area contributed by atoms with Gasteiger partial charge >= 0.3 is 111 Å². The maximum atomic E-state index is 11.0. The fourth-order valence-electron chi connectivity index (χ4n) is 5.44. The van der Waals surface area contributed by atoms with Crippen LogP contribution in [0.25, 0.3) is 0 Å². The normalized spacial score (nSPS) is 14.2. The second-order valence-electron chi connectivity index (χ2n) is 16.0. The molecular formula is C39H72Na3O18P3S3. The summed E-state index contributed by atoms with van der Waals surface area (Å²) in [6.07, 6.45) is 18.7. The number of hydrogen-bond acceptors (Lipinski definition) is 12. The zero-order valence-corrected chi connectivity index (χ0v) is 52.1. The van der Waals surface area contributed by atoms with Crippen LogP contribution in [0.3, 0.4) is 0 Å². The zero-order valence-electron chi connectivity index (χ0n) is 41.0. The van der Waals surface area contributed by atoms with E-state index in [0.717, 1.165) is 55.2 Å². The Bertz CT molecular complexity index is 1830. The summed E-state index contributed by atoms with van der Waals surface area (Å²) in [5.41, 5.74) is 7.12. The molecular weight excluding hydrogens is 1010 g/mol. The minimum absolute atomic E-state index is 0. The van der Waals surface area contributed by atoms with Crippen LogP contribution < -0.4 is 88.7 Å². The largest absolute Gasteiger partial charge is 1.00 e. The minimum atomic E-state index is -4.99. The molecule has 0 aromatic carbocycles. The van der Waals surface area contributed by atoms with E-state index >= 15 is 0 Å². The molecule has 0 rings (SSSR count). The molecule has 18 nitrogen and oxygen atoms in total. The van der Waals surface area contributed by atoms with Gasteiger partial charge in [-0.25, -0.2) is 25.3 Å². The predicted octanol–water partition coefficient (Wildman–Crippen LogP) is -0.293. The average Bonchev–Trinajstić information content (AvgIpc) is 3.04. The summed E-state index contributed by atoms with van der Waals surface area (Å²) >= 11 is 0. The van der Waals surface area contributed by atoms with Gasteiger partial charge in [0.1, 0.15) is 30.4 Å². The Morgan fingerprint density at radius 1 is 0.394 bits per heavy atom. The van der Waals surface area contributed by atoms with E-state index in [1.165, 1.54) is 16.7 Å². The Morgan fingerprint density at radius 3 is 0.712 bits per heavy atom. The molecule has 0 aliphatic carbocycles. The van der Waals surface area contributed by atoms with Crippen LogP contribution in [0, 0.1) is 0 Å². The Hall–Kier alpha value is 1.62. The predicted molar refractivity (Wildman–Crippen MR) is 245 cm³/mol. The molecule has 0 aromatic heterocycles. The van der Waals surface area contributed by atoms with Crippen molar-refractivity contribution in [3.63, 3.8) is 0 Å². The van der Waals surface area contributed by atoms with Gasteiger partial charge in [-0.2, -0.15) is 0 Å². The van der Waals surface area contributed by atoms with Gasteiger partial charge in [0, 0.05) is 0 Å². The smallest absolute Gasteiger partial charge is 0.747 e. The van der Waals surface area contributed by atoms with Crippen molar-refractivity contribution in [3.05, 3.63) is 69.9 Å². The average molecular weight is 1090 g/mol. The molecule has 0 aromatic rings. The maximum absolute atomic E-state index is 11.0. The van der Waals surface area contributed by atoms with E-state index < -0.39 is 68.1 Å². The topological polar surface area (TPSA) is 344 Å². The molecule has 0 saturated carbocycles. The van der Waals surface area contributed by atoms with Crippen LogP contribution >= 0.6 is 22.8 Å². The standard InChI is InChI=1S/3C13H25O6PS.3Na/c3*1-11(2)7-6-9-12(3)8-4-5-10-13(20(14,15)16)21(17,18)19;;;/h3*7-8,13H,4-6,9-10H2,1-3H3,(H2,14,15,16)(H,17,18,19);;;/q;;;3*+1/p-3/b3*12-8+;;;. The molecule has 0 bridgehead atoms. The first-order valence-corrected chi connectivity index (χ1v) is 29.7. The molecule has 0 fully saturated rings. The first kappa shape index (κ1) is 79.0. The number of rotatable bonds is 27. The summed E-state index contributed by atoms with van der Waals surface area (Å²) in [5, 5.41) is 0. The zero-order chi connectivity index (χ0) is 50.0. The quantitative estimate of drug-likeness (QED) is 0.0202. The van der Waals surface area contributed by atoms with Crippen LogP contribution in [0.1, 0.15) is 159 Å². The van der Waals surface area contributed by atoms with Crippen LogP contribution in [0.5, 0.6) is 0 Å². The van der Waals surface area contributed by atoms with E-state index in [1.54, 1.807) is 0 Å². The summed E-state index contributed by atoms with van der Waals surface area (Å²) in [7, 11) is -29.7. The number of unbranched alkanes of at least 4 members (excludes halogenated alkanes) is 3. The Kier molecular flexibility index (Phi) is 46.9. The molecule has 372 valence electrons. The van der Waals surface area contributed by atoms with Crippen molar-refractivity contribution >= 4 is 53.1 Å². The number of hydrogen-bond donors (Lipinski definition) is 6. The summed E-state index contributed by atoms with van der Waals surface area (Å²) < 4.78 is 131. The summed E-state index contributed by atoms with van der Waals surface area (Å²) in [6, 6.07) is 0. The van der Waals surface area contributed by atoms with Crippen LogP contribution in [0.4, 0.5) is 0 Å². The third-order valence-corrected chi connectivity index (χ3v) is 19.4. The van der Waals surface area contributed by atoms with Crippen LogP contribution in [0.2, 0.25) is 0 Å². The van der Waals surface area contributed by atoms with Crippen LogP contribution in [0.15, 0.2) is 69.9 Å². The molecule has 0 aliphatic heterocycles. The van der Waals surface area contributed by atoms with E-state index in [1.807, 2.05) is 80.5 Å². The Labute approximate surface area is 462 Å². The molecule has 0 amide bonds. The Balaban J connectivity index is -0.000000200. The summed E-state index contributed by atoms with van der Waals surface area (Å²) in [6.45, 7) is 18.0. The van der Waals surface area contributed by atoms with E-state index in [2.05, 4.69) is 18.2 Å². The molecule has 0 saturated heterocycles. The van der Waals surface area contributed by atoms with E-state index in [9.17, 15) is 52.6 Å². The third-order valence-electron chi connectivity index (χ3n) is 8.84. The first-order valence-electron chi connectivity index (χ1n) is 20.2. The van der Waals surface area contributed by atoms with Crippen molar-refractivity contribution in [2.75, 3.05) is 0 Å². The first-order chi connectivity index (χ1) is 28.3. The second-order valence-corrected chi connectivity index (χ2v) is 27.1. The minimum Gasteiger partial charge on any atom is -0.747 e. The molecule has 0 heterocycles. The van der Waals surface area contributed by atoms with Gasteiger partial charge in [-0.3, -0.25) is 13.7 Å². The second kappa shape index (κ2) is 39.1. The molecule has 3 unspecified atom stereocenters. The third kappa shape index (κ3) is 46.7. The van der Waals surface area contributed by atoms with Gasteiger partial charge in [0.2, 0.25) is 0 Å². The van der Waals surface area contributed by atoms with E-state index in [0.29, 0.717) is 19.3 Å². The van der Waals surface area contributed by atoms with E-state index in [4.69, 9.17) is 29.4 Å². The van der Waals surface area contributed by atoms with Gasteiger partial charge in [0.25, 0.3) is 0 Å². The molecule has 27 heteroatoms. The Morgan fingerprint density at radius 2 is 0.576 bits per heavy atom. The van der Waals surface area contributed by atoms with Crippen molar-refractivity contribution in [2.45, 2.75) is 174 Å². The molecule has 66 heavy (non-hydrogen) atoms. The summed E-state index contributed by atoms with van der Waals surface area (Å²) in [5.74, 6) is 0. The van der Waals surface area contributed by atoms with Gasteiger partial charge in [-0.05, 0) is 159 Å². The molecule has 0 spiro atoms. The van der Waals surface area contributed by atoms with Crippen LogP contribution in [-0.4, -0.2) is 83.2 Å². The fraction of sp³-hybridized carbons (Fsp3) is 0.692. The summed E-state index contributed by atoms with van der Waals surface area (Å²) in [4.78, 5) is 47.0. The van der Waals surface area contributed by atoms with Gasteiger partial charge in [-0.15, -0.1) is 0 Å². The molecule has 0 aliphatic rings. The molecule has 6 N–H and O–H groups in total. The van der Waals surface area contributed by atoms with Gasteiger partial charge < -0.3 is 43.0 Å². The fourth-order valence-corrected chi connectivity index (χ4v) is 12.4. The molecule has 0 radical (unpaired) electrons. The maximum Gasteiger partial charge on any atom is 1.00 e. The van der Waals surface area contributed by atoms with E-state index in [-0.39, 0.29) is 127 Å². The van der Waals surface area contributed by atoms with Gasteiger partial charge in [0.05, 0.1) is 0 Å². The van der Waals surface area contributed by atoms with Crippen molar-refractivity contribution in [1.29, 1.82) is 0 Å². The van der Waals surface area contributed by atoms with Gasteiger partial charge in [-0.1, -0.05) is 69.9 Å². The van der Waals surface area contributed by atoms with Gasteiger partial charge in [0.15, 0.2) is 15.0 Å². The monoisotopic (exact) mass is 1090 g/mol. The van der Waals surface area contributed by atoms with Crippen molar-refractivity contribution in [3.8, 4) is 0 Å². The SMILES string of the molecule is CC(C)=CCC/C(C)=C/CCCC(P(=O)(O)O)S(=O)(=O)[O-].CC(C)=CCC/C(C)=C/CCCC(P(=O)(O)O)S(=O)(=O)[O-].CC(C)=CCC/C(C)=C/CCCC(P(=O)(O)O)S(=O)(=O)[O-].[Na+].[Na+].[Na+]. The van der Waals surface area contributed by atoms with Crippen molar-refractivity contribution < 1.29 is 171 Å². The molecule has 3 atom stereocenters. The van der Waals surface area contributed by atoms with Crippen LogP contribution in [-0.2, 0) is 44.0 Å².